The lowest BCUT2D eigenvalue weighted by molar-refractivity contribution is -0.274. The largest absolute Gasteiger partial charge is 0.573 e. The first-order valence-corrected chi connectivity index (χ1v) is 4.97. The van der Waals surface area contributed by atoms with Gasteiger partial charge in [0.1, 0.15) is 17.4 Å². The summed E-state index contributed by atoms with van der Waals surface area (Å²) >= 11 is 0. The van der Waals surface area contributed by atoms with Gasteiger partial charge in [0.05, 0.1) is 12.7 Å². The first-order valence-electron chi connectivity index (χ1n) is 4.97. The number of hydrogen-bond donors (Lipinski definition) is 2. The fraction of sp³-hybridized carbons (Fsp3) is 0.200. The monoisotopic (exact) mass is 258 g/mol. The molecule has 0 aromatic carbocycles. The standard InChI is InChI=1S/C10H9F3N4O/c11-10(12,13)18-7-1-2-8(16-5-7)17-6-9-14-3-4-15-9/h1-5H,6H2,(H,14,15)(H,16,17). The summed E-state index contributed by atoms with van der Waals surface area (Å²) in [5.74, 6) is 0.777. The Hall–Kier alpha value is -2.25. The number of aromatic nitrogens is 3. The van der Waals surface area contributed by atoms with E-state index in [2.05, 4.69) is 25.0 Å². The molecular formula is C10H9F3N4O. The van der Waals surface area contributed by atoms with Crippen LogP contribution in [0.15, 0.2) is 30.7 Å². The van der Waals surface area contributed by atoms with Crippen molar-refractivity contribution in [2.75, 3.05) is 5.32 Å². The van der Waals surface area contributed by atoms with Crippen LogP contribution < -0.4 is 10.1 Å². The van der Waals surface area contributed by atoms with E-state index in [1.165, 1.54) is 12.1 Å². The summed E-state index contributed by atoms with van der Waals surface area (Å²) in [5.41, 5.74) is 0. The van der Waals surface area contributed by atoms with Crippen molar-refractivity contribution in [1.82, 2.24) is 15.0 Å². The van der Waals surface area contributed by atoms with Gasteiger partial charge in [-0.25, -0.2) is 9.97 Å². The van der Waals surface area contributed by atoms with Crippen LogP contribution in [-0.2, 0) is 6.54 Å². The smallest absolute Gasteiger partial charge is 0.404 e. The molecule has 0 unspecified atom stereocenters. The molecule has 2 rings (SSSR count). The molecule has 0 saturated heterocycles. The minimum absolute atomic E-state index is 0.356. The third kappa shape index (κ3) is 3.65. The number of nitrogens with zero attached hydrogens (tertiary/aromatic N) is 2. The molecule has 96 valence electrons. The molecule has 0 aliphatic carbocycles. The average Bonchev–Trinajstić information content (AvgIpc) is 2.79. The normalized spacial score (nSPS) is 11.3. The Balaban J connectivity index is 1.91. The molecule has 0 atom stereocenters. The second-order valence-corrected chi connectivity index (χ2v) is 3.32. The summed E-state index contributed by atoms with van der Waals surface area (Å²) in [4.78, 5) is 10.6. The second-order valence-electron chi connectivity index (χ2n) is 3.32. The molecule has 2 aromatic rings. The van der Waals surface area contributed by atoms with E-state index < -0.39 is 6.36 Å². The summed E-state index contributed by atoms with van der Waals surface area (Å²) < 4.78 is 39.4. The predicted molar refractivity (Wildman–Crippen MR) is 56.8 cm³/mol. The van der Waals surface area contributed by atoms with Crippen LogP contribution in [0.5, 0.6) is 5.75 Å². The van der Waals surface area contributed by atoms with Crippen LogP contribution in [-0.4, -0.2) is 21.3 Å². The highest BCUT2D eigenvalue weighted by Gasteiger charge is 2.31. The number of nitrogens with one attached hydrogen (secondary N) is 2. The number of aromatic amines is 1. The molecule has 8 heteroatoms. The quantitative estimate of drug-likeness (QED) is 0.883. The third-order valence-corrected chi connectivity index (χ3v) is 1.96. The molecule has 0 bridgehead atoms. The number of hydrogen-bond acceptors (Lipinski definition) is 4. The van der Waals surface area contributed by atoms with Gasteiger partial charge in [-0.3, -0.25) is 0 Å². The number of halogens is 3. The number of H-pyrrole nitrogens is 1. The summed E-state index contributed by atoms with van der Waals surface area (Å²) in [6.45, 7) is 0.402. The Bertz CT molecular complexity index is 481. The van der Waals surface area contributed by atoms with Crippen LogP contribution in [0.3, 0.4) is 0 Å². The number of pyridine rings is 1. The van der Waals surface area contributed by atoms with Crippen LogP contribution in [0, 0.1) is 0 Å². The highest BCUT2D eigenvalue weighted by atomic mass is 19.4. The van der Waals surface area contributed by atoms with Gasteiger partial charge in [-0.1, -0.05) is 0 Å². The number of imidazole rings is 1. The molecular weight excluding hydrogens is 249 g/mol. The van der Waals surface area contributed by atoms with Crippen LogP contribution in [0.1, 0.15) is 5.82 Å². The van der Waals surface area contributed by atoms with E-state index in [1.807, 2.05) is 0 Å². The number of alkyl halides is 3. The van der Waals surface area contributed by atoms with E-state index in [0.717, 1.165) is 6.20 Å². The van der Waals surface area contributed by atoms with Gasteiger partial charge in [-0.15, -0.1) is 13.2 Å². The number of rotatable bonds is 4. The number of ether oxygens (including phenoxy) is 1. The van der Waals surface area contributed by atoms with Gasteiger partial charge in [0, 0.05) is 12.4 Å². The maximum atomic E-state index is 11.9. The predicted octanol–water partition coefficient (Wildman–Crippen LogP) is 2.32. The van der Waals surface area contributed by atoms with Gasteiger partial charge in [0.15, 0.2) is 0 Å². The summed E-state index contributed by atoms with van der Waals surface area (Å²) in [5, 5.41) is 2.90. The highest BCUT2D eigenvalue weighted by Crippen LogP contribution is 2.22. The average molecular weight is 258 g/mol. The van der Waals surface area contributed by atoms with E-state index in [0.29, 0.717) is 18.2 Å². The van der Waals surface area contributed by atoms with E-state index >= 15 is 0 Å². The minimum Gasteiger partial charge on any atom is -0.404 e. The van der Waals surface area contributed by atoms with Crippen molar-refractivity contribution < 1.29 is 17.9 Å². The molecule has 0 saturated carbocycles. The molecule has 0 fully saturated rings. The topological polar surface area (TPSA) is 62.8 Å². The van der Waals surface area contributed by atoms with Gasteiger partial charge in [0.2, 0.25) is 0 Å². The zero-order valence-electron chi connectivity index (χ0n) is 9.03. The highest BCUT2D eigenvalue weighted by molar-refractivity contribution is 5.37. The molecule has 2 N–H and O–H groups in total. The first kappa shape index (κ1) is 12.2. The molecule has 0 aliphatic rings. The maximum Gasteiger partial charge on any atom is 0.573 e. The Morgan fingerprint density at radius 2 is 2.11 bits per heavy atom. The lowest BCUT2D eigenvalue weighted by atomic mass is 10.4. The zero-order chi connectivity index (χ0) is 13.0. The van der Waals surface area contributed by atoms with Crippen molar-refractivity contribution in [3.05, 3.63) is 36.5 Å². The van der Waals surface area contributed by atoms with E-state index in [4.69, 9.17) is 0 Å². The first-order chi connectivity index (χ1) is 8.53. The summed E-state index contributed by atoms with van der Waals surface area (Å²) in [6.07, 6.45) is -0.432. The van der Waals surface area contributed by atoms with Gasteiger partial charge in [-0.05, 0) is 12.1 Å². The lowest BCUT2D eigenvalue weighted by Gasteiger charge is -2.09. The van der Waals surface area contributed by atoms with Crippen molar-refractivity contribution in [3.8, 4) is 5.75 Å². The van der Waals surface area contributed by atoms with Crippen LogP contribution in [0.4, 0.5) is 19.0 Å². The molecule has 18 heavy (non-hydrogen) atoms. The summed E-state index contributed by atoms with van der Waals surface area (Å²) in [7, 11) is 0. The Labute approximate surface area is 100 Å². The Morgan fingerprint density at radius 1 is 1.28 bits per heavy atom. The van der Waals surface area contributed by atoms with Crippen LogP contribution in [0.2, 0.25) is 0 Å². The van der Waals surface area contributed by atoms with Gasteiger partial charge in [-0.2, -0.15) is 0 Å². The molecule has 0 radical (unpaired) electrons. The Morgan fingerprint density at radius 3 is 2.67 bits per heavy atom. The zero-order valence-corrected chi connectivity index (χ0v) is 9.03. The number of anilines is 1. The van der Waals surface area contributed by atoms with E-state index in [-0.39, 0.29) is 5.75 Å². The fourth-order valence-corrected chi connectivity index (χ4v) is 1.25. The molecule has 5 nitrogen and oxygen atoms in total. The molecule has 0 aliphatic heterocycles. The maximum absolute atomic E-state index is 11.9. The molecule has 0 amide bonds. The van der Waals surface area contributed by atoms with Crippen molar-refractivity contribution in [2.24, 2.45) is 0 Å². The Kier molecular flexibility index (Phi) is 3.35. The van der Waals surface area contributed by atoms with Crippen molar-refractivity contribution >= 4 is 5.82 Å². The third-order valence-electron chi connectivity index (χ3n) is 1.96. The van der Waals surface area contributed by atoms with E-state index in [9.17, 15) is 13.2 Å². The van der Waals surface area contributed by atoms with Crippen molar-refractivity contribution in [2.45, 2.75) is 12.9 Å². The fourth-order valence-electron chi connectivity index (χ4n) is 1.25. The van der Waals surface area contributed by atoms with Gasteiger partial charge in [0.25, 0.3) is 0 Å². The van der Waals surface area contributed by atoms with E-state index in [1.54, 1.807) is 12.4 Å². The molecule has 2 heterocycles. The SMILES string of the molecule is FC(F)(F)Oc1ccc(NCc2ncc[nH]2)nc1. The molecule has 2 aromatic heterocycles. The van der Waals surface area contributed by atoms with Crippen molar-refractivity contribution in [3.63, 3.8) is 0 Å². The van der Waals surface area contributed by atoms with Gasteiger partial charge >= 0.3 is 6.36 Å². The van der Waals surface area contributed by atoms with Crippen LogP contribution in [0.25, 0.3) is 0 Å². The van der Waals surface area contributed by atoms with Gasteiger partial charge < -0.3 is 15.0 Å². The summed E-state index contributed by atoms with van der Waals surface area (Å²) in [6, 6.07) is 2.58. The minimum atomic E-state index is -4.70. The van der Waals surface area contributed by atoms with Crippen LogP contribution >= 0.6 is 0 Å². The molecule has 0 spiro atoms. The second kappa shape index (κ2) is 4.94. The lowest BCUT2D eigenvalue weighted by Crippen LogP contribution is -2.17. The van der Waals surface area contributed by atoms with Crippen molar-refractivity contribution in [1.29, 1.82) is 0 Å².